The molecule has 0 heterocycles. The molecule has 2 N–H and O–H groups in total. The van der Waals surface area contributed by atoms with Crippen LogP contribution in [-0.2, 0) is 14.4 Å². The minimum Gasteiger partial charge on any atom is -0.344 e. The van der Waals surface area contributed by atoms with Gasteiger partial charge in [-0.2, -0.15) is 5.26 Å². The van der Waals surface area contributed by atoms with E-state index in [0.717, 1.165) is 0 Å². The number of nitrogens with zero attached hydrogens (tertiary/aromatic N) is 1. The molecule has 0 aromatic carbocycles. The van der Waals surface area contributed by atoms with Crippen molar-refractivity contribution in [2.24, 2.45) is 17.8 Å². The van der Waals surface area contributed by atoms with E-state index in [1.54, 1.807) is 6.92 Å². The molecule has 0 aliphatic rings. The van der Waals surface area contributed by atoms with E-state index in [-0.39, 0.29) is 18.2 Å². The number of Topliss-reactive ketones (excluding diaryl/α,β-unsaturated/α-hetero) is 1. The van der Waals surface area contributed by atoms with Gasteiger partial charge in [-0.3, -0.25) is 14.4 Å². The highest BCUT2D eigenvalue weighted by atomic mass is 19.1. The van der Waals surface area contributed by atoms with Crippen LogP contribution in [0.2, 0.25) is 0 Å². The van der Waals surface area contributed by atoms with Gasteiger partial charge in [0.25, 0.3) is 0 Å². The van der Waals surface area contributed by atoms with Crippen molar-refractivity contribution in [2.75, 3.05) is 6.67 Å². The third kappa shape index (κ3) is 10.1. The van der Waals surface area contributed by atoms with Crippen LogP contribution in [0, 0.1) is 29.1 Å². The Morgan fingerprint density at radius 1 is 0.962 bits per heavy atom. The van der Waals surface area contributed by atoms with Crippen LogP contribution in [0.25, 0.3) is 0 Å². The number of hydrogen-bond donors (Lipinski definition) is 2. The molecule has 0 aliphatic heterocycles. The highest BCUT2D eigenvalue weighted by Gasteiger charge is 2.28. The Kier molecular flexibility index (Phi) is 11.5. The van der Waals surface area contributed by atoms with Crippen LogP contribution in [0.3, 0.4) is 0 Å². The van der Waals surface area contributed by atoms with Crippen molar-refractivity contribution < 1.29 is 18.8 Å². The molecule has 0 aromatic heterocycles. The van der Waals surface area contributed by atoms with Crippen molar-refractivity contribution in [2.45, 2.75) is 72.4 Å². The number of hydrogen-bond acceptors (Lipinski definition) is 4. The molecular formula is C19H32FN3O3. The molecule has 7 heteroatoms. The standard InChI is InChI=1S/C19H32FN3O3/c1-12(2)6-7-18(25)22-16(8-13(3)4)19(26)23-15(17(24)10-20)9-14(5)11-21/h12-16H,6-10H2,1-5H3,(H,22,25)(H,23,26)/t14?,15-,16-/m0/s1. The van der Waals surface area contributed by atoms with Crippen molar-refractivity contribution in [3.8, 4) is 6.07 Å². The summed E-state index contributed by atoms with van der Waals surface area (Å²) in [7, 11) is 0. The minimum absolute atomic E-state index is 0.0423. The van der Waals surface area contributed by atoms with Gasteiger partial charge in [0.05, 0.1) is 12.1 Å². The molecule has 2 amide bonds. The Bertz CT molecular complexity index is 515. The molecule has 0 radical (unpaired) electrons. The summed E-state index contributed by atoms with van der Waals surface area (Å²) in [5, 5.41) is 14.1. The van der Waals surface area contributed by atoms with Crippen LogP contribution in [-0.4, -0.2) is 36.4 Å². The van der Waals surface area contributed by atoms with Crippen LogP contribution in [0.1, 0.15) is 60.3 Å². The molecule has 0 saturated heterocycles. The second-order valence-corrected chi connectivity index (χ2v) is 7.61. The van der Waals surface area contributed by atoms with Gasteiger partial charge in [0, 0.05) is 12.3 Å². The smallest absolute Gasteiger partial charge is 0.243 e. The van der Waals surface area contributed by atoms with Crippen LogP contribution < -0.4 is 10.6 Å². The maximum Gasteiger partial charge on any atom is 0.243 e. The second kappa shape index (κ2) is 12.4. The number of nitriles is 1. The molecule has 26 heavy (non-hydrogen) atoms. The molecule has 0 aliphatic carbocycles. The van der Waals surface area contributed by atoms with E-state index in [0.29, 0.717) is 25.2 Å². The SMILES string of the molecule is CC(C)CCC(=O)N[C@@H](CC(C)C)C(=O)N[C@@H](CC(C)C#N)C(=O)CF. The van der Waals surface area contributed by atoms with Crippen LogP contribution in [0.15, 0.2) is 0 Å². The van der Waals surface area contributed by atoms with Crippen molar-refractivity contribution in [3.05, 3.63) is 0 Å². The third-order valence-electron chi connectivity index (χ3n) is 3.95. The van der Waals surface area contributed by atoms with Gasteiger partial charge in [-0.1, -0.05) is 27.7 Å². The van der Waals surface area contributed by atoms with E-state index < -0.39 is 36.4 Å². The Labute approximate surface area is 155 Å². The summed E-state index contributed by atoms with van der Waals surface area (Å²) in [6, 6.07) is 0.118. The fraction of sp³-hybridized carbons (Fsp3) is 0.789. The van der Waals surface area contributed by atoms with Crippen molar-refractivity contribution in [1.29, 1.82) is 5.26 Å². The summed E-state index contributed by atoms with van der Waals surface area (Å²) in [4.78, 5) is 36.4. The number of nitrogens with one attached hydrogen (secondary N) is 2. The Hall–Kier alpha value is -1.97. The number of carbonyl (C=O) groups excluding carboxylic acids is 3. The normalized spacial score (nSPS) is 14.4. The van der Waals surface area contributed by atoms with E-state index in [1.165, 1.54) is 0 Å². The lowest BCUT2D eigenvalue weighted by molar-refractivity contribution is -0.132. The molecule has 0 saturated carbocycles. The Morgan fingerprint density at radius 2 is 1.58 bits per heavy atom. The summed E-state index contributed by atoms with van der Waals surface area (Å²) in [6.07, 6.45) is 1.48. The molecule has 3 atom stereocenters. The van der Waals surface area contributed by atoms with E-state index in [9.17, 15) is 18.8 Å². The summed E-state index contributed by atoms with van der Waals surface area (Å²) in [5.41, 5.74) is 0. The second-order valence-electron chi connectivity index (χ2n) is 7.61. The predicted octanol–water partition coefficient (Wildman–Crippen LogP) is 2.53. The first-order valence-corrected chi connectivity index (χ1v) is 9.18. The van der Waals surface area contributed by atoms with E-state index in [2.05, 4.69) is 10.6 Å². The van der Waals surface area contributed by atoms with E-state index >= 15 is 0 Å². The maximum atomic E-state index is 12.8. The molecule has 0 aromatic rings. The van der Waals surface area contributed by atoms with Gasteiger partial charge in [-0.15, -0.1) is 0 Å². The molecule has 0 fully saturated rings. The fourth-order valence-electron chi connectivity index (χ4n) is 2.43. The molecular weight excluding hydrogens is 337 g/mol. The lowest BCUT2D eigenvalue weighted by Gasteiger charge is -2.24. The molecule has 0 bridgehead atoms. The first-order chi connectivity index (χ1) is 12.1. The average Bonchev–Trinajstić information content (AvgIpc) is 2.57. The van der Waals surface area contributed by atoms with Gasteiger partial charge in [0.15, 0.2) is 5.78 Å². The number of rotatable bonds is 12. The van der Waals surface area contributed by atoms with Crippen molar-refractivity contribution in [1.82, 2.24) is 10.6 Å². The highest BCUT2D eigenvalue weighted by Crippen LogP contribution is 2.10. The topological polar surface area (TPSA) is 99.1 Å². The van der Waals surface area contributed by atoms with Gasteiger partial charge in [0.1, 0.15) is 12.7 Å². The predicted molar refractivity (Wildman–Crippen MR) is 97.8 cm³/mol. The van der Waals surface area contributed by atoms with Gasteiger partial charge in [-0.25, -0.2) is 4.39 Å². The van der Waals surface area contributed by atoms with Crippen LogP contribution >= 0.6 is 0 Å². The lowest BCUT2D eigenvalue weighted by atomic mass is 9.98. The van der Waals surface area contributed by atoms with E-state index in [1.807, 2.05) is 33.8 Å². The summed E-state index contributed by atoms with van der Waals surface area (Å²) in [5.74, 6) is -1.50. The zero-order valence-electron chi connectivity index (χ0n) is 16.5. The number of ketones is 1. The highest BCUT2D eigenvalue weighted by molar-refractivity contribution is 5.93. The van der Waals surface area contributed by atoms with Crippen molar-refractivity contribution >= 4 is 17.6 Å². The minimum atomic E-state index is -1.21. The number of halogens is 1. The quantitative estimate of drug-likeness (QED) is 0.552. The Balaban J connectivity index is 5.04. The van der Waals surface area contributed by atoms with Gasteiger partial charge >= 0.3 is 0 Å². The van der Waals surface area contributed by atoms with E-state index in [4.69, 9.17) is 5.26 Å². The first kappa shape index (κ1) is 24.0. The van der Waals surface area contributed by atoms with Crippen LogP contribution in [0.5, 0.6) is 0 Å². The average molecular weight is 369 g/mol. The van der Waals surface area contributed by atoms with Crippen molar-refractivity contribution in [3.63, 3.8) is 0 Å². The molecule has 1 unspecified atom stereocenters. The number of carbonyl (C=O) groups is 3. The lowest BCUT2D eigenvalue weighted by Crippen LogP contribution is -2.52. The molecule has 6 nitrogen and oxygen atoms in total. The molecule has 0 rings (SSSR count). The monoisotopic (exact) mass is 369 g/mol. The summed E-state index contributed by atoms with van der Waals surface area (Å²) < 4.78 is 12.8. The summed E-state index contributed by atoms with van der Waals surface area (Å²) in [6.45, 7) is 8.25. The third-order valence-corrected chi connectivity index (χ3v) is 3.95. The molecule has 0 spiro atoms. The molecule has 148 valence electrons. The summed E-state index contributed by atoms with van der Waals surface area (Å²) >= 11 is 0. The number of amides is 2. The zero-order valence-corrected chi connectivity index (χ0v) is 16.5. The largest absolute Gasteiger partial charge is 0.344 e. The zero-order chi connectivity index (χ0) is 20.3. The number of alkyl halides is 1. The maximum absolute atomic E-state index is 12.8. The first-order valence-electron chi connectivity index (χ1n) is 9.18. The van der Waals surface area contributed by atoms with Gasteiger partial charge < -0.3 is 10.6 Å². The van der Waals surface area contributed by atoms with Gasteiger partial charge in [0.2, 0.25) is 11.8 Å². The van der Waals surface area contributed by atoms with Crippen LogP contribution in [0.4, 0.5) is 4.39 Å². The Morgan fingerprint density at radius 3 is 2.04 bits per heavy atom. The van der Waals surface area contributed by atoms with Gasteiger partial charge in [-0.05, 0) is 38.0 Å². The fourth-order valence-corrected chi connectivity index (χ4v) is 2.43.